The number of amides is 2. The van der Waals surface area contributed by atoms with Crippen LogP contribution in [0.1, 0.15) is 31.9 Å². The van der Waals surface area contributed by atoms with Crippen LogP contribution in [0.4, 0.5) is 10.1 Å². The lowest BCUT2D eigenvalue weighted by atomic mass is 10.1. The van der Waals surface area contributed by atoms with Gasteiger partial charge in [0.05, 0.1) is 20.6 Å². The van der Waals surface area contributed by atoms with Crippen LogP contribution in [-0.4, -0.2) is 44.3 Å². The van der Waals surface area contributed by atoms with Crippen LogP contribution in [-0.2, 0) is 26.2 Å². The van der Waals surface area contributed by atoms with Crippen LogP contribution in [0.2, 0.25) is 10.0 Å². The van der Waals surface area contributed by atoms with Gasteiger partial charge in [-0.3, -0.25) is 13.9 Å². The van der Waals surface area contributed by atoms with E-state index in [1.807, 2.05) is 20.8 Å². The summed E-state index contributed by atoms with van der Waals surface area (Å²) >= 11 is 12.6. The minimum Gasteiger partial charge on any atom is -0.354 e. The van der Waals surface area contributed by atoms with Crippen LogP contribution >= 0.6 is 23.2 Å². The van der Waals surface area contributed by atoms with E-state index in [9.17, 15) is 22.4 Å². The lowest BCUT2D eigenvalue weighted by molar-refractivity contribution is -0.139. The predicted molar refractivity (Wildman–Crippen MR) is 156 cm³/mol. The summed E-state index contributed by atoms with van der Waals surface area (Å²) in [6, 6.07) is 15.2. The van der Waals surface area contributed by atoms with Crippen molar-refractivity contribution in [3.05, 3.63) is 93.7 Å². The molecule has 0 aliphatic carbocycles. The first-order valence-corrected chi connectivity index (χ1v) is 14.9. The van der Waals surface area contributed by atoms with Gasteiger partial charge in [0, 0.05) is 13.1 Å². The van der Waals surface area contributed by atoms with Crippen LogP contribution in [0, 0.1) is 18.7 Å². The molecule has 2 amide bonds. The Morgan fingerprint density at radius 1 is 0.950 bits per heavy atom. The molecule has 1 atom stereocenters. The summed E-state index contributed by atoms with van der Waals surface area (Å²) in [5.74, 6) is -1.34. The smallest absolute Gasteiger partial charge is 0.264 e. The Balaban J connectivity index is 2.05. The van der Waals surface area contributed by atoms with E-state index < -0.39 is 40.2 Å². The number of hydrogen-bond donors (Lipinski definition) is 1. The molecule has 40 heavy (non-hydrogen) atoms. The van der Waals surface area contributed by atoms with Crippen molar-refractivity contribution in [1.29, 1.82) is 0 Å². The Hall–Kier alpha value is -3.14. The average molecular weight is 609 g/mol. The van der Waals surface area contributed by atoms with Crippen molar-refractivity contribution in [2.75, 3.05) is 17.4 Å². The van der Waals surface area contributed by atoms with Gasteiger partial charge in [-0.15, -0.1) is 0 Å². The number of hydrogen-bond acceptors (Lipinski definition) is 4. The summed E-state index contributed by atoms with van der Waals surface area (Å²) < 4.78 is 42.2. The normalized spacial score (nSPS) is 12.2. The van der Waals surface area contributed by atoms with Gasteiger partial charge in [0.25, 0.3) is 10.0 Å². The van der Waals surface area contributed by atoms with E-state index in [-0.39, 0.29) is 33.1 Å². The Kier molecular flexibility index (Phi) is 10.6. The SMILES string of the molecule is Cc1ccc(S(=O)(=O)N(CC(=O)N(Cc2ccc(F)cc2)C(C)C(=O)NCC(C)C)c2cccc(Cl)c2Cl)cc1. The van der Waals surface area contributed by atoms with E-state index >= 15 is 0 Å². The molecular formula is C29H32Cl2FN3O4S. The van der Waals surface area contributed by atoms with Gasteiger partial charge in [-0.1, -0.05) is 72.9 Å². The molecule has 0 aromatic heterocycles. The summed E-state index contributed by atoms with van der Waals surface area (Å²) in [5, 5.41) is 2.88. The number of aryl methyl sites for hydroxylation is 1. The molecular weight excluding hydrogens is 576 g/mol. The van der Waals surface area contributed by atoms with E-state index in [0.29, 0.717) is 12.1 Å². The molecule has 3 rings (SSSR count). The van der Waals surface area contributed by atoms with E-state index in [1.165, 1.54) is 59.5 Å². The molecule has 1 N–H and O–H groups in total. The van der Waals surface area contributed by atoms with Gasteiger partial charge in [0.1, 0.15) is 18.4 Å². The quantitative estimate of drug-likeness (QED) is 0.297. The molecule has 0 spiro atoms. The fraction of sp³-hybridized carbons (Fsp3) is 0.310. The largest absolute Gasteiger partial charge is 0.354 e. The molecule has 0 saturated carbocycles. The highest BCUT2D eigenvalue weighted by atomic mass is 35.5. The molecule has 0 heterocycles. The van der Waals surface area contributed by atoms with Crippen molar-refractivity contribution in [2.24, 2.45) is 5.92 Å². The molecule has 0 aliphatic heterocycles. The van der Waals surface area contributed by atoms with E-state index in [2.05, 4.69) is 5.32 Å². The molecule has 3 aromatic rings. The molecule has 214 valence electrons. The molecule has 0 aliphatic rings. The number of nitrogens with zero attached hydrogens (tertiary/aromatic N) is 2. The van der Waals surface area contributed by atoms with Gasteiger partial charge < -0.3 is 10.2 Å². The molecule has 11 heteroatoms. The molecule has 0 bridgehead atoms. The lowest BCUT2D eigenvalue weighted by Gasteiger charge is -2.32. The number of carbonyl (C=O) groups excluding carboxylic acids is 2. The van der Waals surface area contributed by atoms with Crippen molar-refractivity contribution in [3.8, 4) is 0 Å². The maximum atomic E-state index is 13.9. The number of nitrogens with one attached hydrogen (secondary N) is 1. The van der Waals surface area contributed by atoms with Crippen molar-refractivity contribution in [3.63, 3.8) is 0 Å². The fourth-order valence-electron chi connectivity index (χ4n) is 3.86. The lowest BCUT2D eigenvalue weighted by Crippen LogP contribution is -2.51. The second-order valence-electron chi connectivity index (χ2n) is 9.86. The highest BCUT2D eigenvalue weighted by molar-refractivity contribution is 7.92. The number of carbonyl (C=O) groups is 2. The highest BCUT2D eigenvalue weighted by Crippen LogP contribution is 2.35. The summed E-state index contributed by atoms with van der Waals surface area (Å²) in [5.41, 5.74) is 1.43. The Morgan fingerprint density at radius 2 is 1.57 bits per heavy atom. The minimum atomic E-state index is -4.29. The van der Waals surface area contributed by atoms with Gasteiger partial charge in [0.2, 0.25) is 11.8 Å². The first-order valence-electron chi connectivity index (χ1n) is 12.7. The Labute approximate surface area is 244 Å². The average Bonchev–Trinajstić information content (AvgIpc) is 2.91. The van der Waals surface area contributed by atoms with Gasteiger partial charge in [-0.2, -0.15) is 0 Å². The summed E-state index contributed by atoms with van der Waals surface area (Å²) in [6.07, 6.45) is 0. The maximum Gasteiger partial charge on any atom is 0.264 e. The number of halogens is 3. The summed E-state index contributed by atoms with van der Waals surface area (Å²) in [4.78, 5) is 28.1. The van der Waals surface area contributed by atoms with Crippen molar-refractivity contribution in [1.82, 2.24) is 10.2 Å². The van der Waals surface area contributed by atoms with E-state index in [0.717, 1.165) is 9.87 Å². The fourth-order valence-corrected chi connectivity index (χ4v) is 5.73. The predicted octanol–water partition coefficient (Wildman–Crippen LogP) is 5.83. The Bertz CT molecular complexity index is 1450. The third-order valence-electron chi connectivity index (χ3n) is 6.21. The monoisotopic (exact) mass is 607 g/mol. The molecule has 0 fully saturated rings. The van der Waals surface area contributed by atoms with Crippen LogP contribution < -0.4 is 9.62 Å². The zero-order valence-electron chi connectivity index (χ0n) is 22.7. The molecule has 3 aromatic carbocycles. The second-order valence-corrected chi connectivity index (χ2v) is 12.5. The number of benzene rings is 3. The van der Waals surface area contributed by atoms with Crippen LogP contribution in [0.15, 0.2) is 71.6 Å². The van der Waals surface area contributed by atoms with Crippen LogP contribution in [0.5, 0.6) is 0 Å². The van der Waals surface area contributed by atoms with Gasteiger partial charge in [-0.25, -0.2) is 12.8 Å². The molecule has 0 radical (unpaired) electrons. The molecule has 1 unspecified atom stereocenters. The molecule has 7 nitrogen and oxygen atoms in total. The molecule has 0 saturated heterocycles. The maximum absolute atomic E-state index is 13.9. The van der Waals surface area contributed by atoms with Gasteiger partial charge in [-0.05, 0) is 61.7 Å². The zero-order valence-corrected chi connectivity index (χ0v) is 25.0. The van der Waals surface area contributed by atoms with Crippen molar-refractivity contribution >= 4 is 50.7 Å². The van der Waals surface area contributed by atoms with Crippen molar-refractivity contribution < 1.29 is 22.4 Å². The first-order chi connectivity index (χ1) is 18.8. The second kappa shape index (κ2) is 13.5. The standard InChI is InChI=1S/C29H32Cl2FN3O4S/c1-19(2)16-33-29(37)21(4)34(17-22-10-12-23(32)13-11-22)27(36)18-35(26-7-5-6-25(30)28(26)31)40(38,39)24-14-8-20(3)9-15-24/h5-15,19,21H,16-18H2,1-4H3,(H,33,37). The Morgan fingerprint density at radius 3 is 2.17 bits per heavy atom. The van der Waals surface area contributed by atoms with E-state index in [1.54, 1.807) is 19.1 Å². The highest BCUT2D eigenvalue weighted by Gasteiger charge is 2.33. The minimum absolute atomic E-state index is 0.0155. The topological polar surface area (TPSA) is 86.8 Å². The van der Waals surface area contributed by atoms with Crippen molar-refractivity contribution in [2.45, 2.75) is 45.2 Å². The van der Waals surface area contributed by atoms with Crippen LogP contribution in [0.3, 0.4) is 0 Å². The number of rotatable bonds is 11. The van der Waals surface area contributed by atoms with Gasteiger partial charge in [0.15, 0.2) is 0 Å². The third-order valence-corrected chi connectivity index (χ3v) is 8.79. The number of anilines is 1. The zero-order chi connectivity index (χ0) is 29.6. The van der Waals surface area contributed by atoms with Crippen LogP contribution in [0.25, 0.3) is 0 Å². The van der Waals surface area contributed by atoms with E-state index in [4.69, 9.17) is 23.2 Å². The first kappa shape index (κ1) is 31.4. The summed E-state index contributed by atoms with van der Waals surface area (Å²) in [6.45, 7) is 6.93. The van der Waals surface area contributed by atoms with Gasteiger partial charge >= 0.3 is 0 Å². The third kappa shape index (κ3) is 7.74. The summed E-state index contributed by atoms with van der Waals surface area (Å²) in [7, 11) is -4.29. The number of sulfonamides is 1.